The molecule has 0 saturated carbocycles. The van der Waals surface area contributed by atoms with Crippen molar-refractivity contribution in [3.8, 4) is 17.3 Å². The van der Waals surface area contributed by atoms with E-state index in [1.807, 2.05) is 37.0 Å². The number of alkyl halides is 1. The second kappa shape index (κ2) is 13.4. The molecule has 3 saturated heterocycles. The van der Waals surface area contributed by atoms with Crippen molar-refractivity contribution in [3.05, 3.63) is 65.3 Å². The maximum atomic E-state index is 16.8. The Bertz CT molecular complexity index is 1940. The number of hydrogen-bond donors (Lipinski definition) is 0. The lowest BCUT2D eigenvalue weighted by Gasteiger charge is -2.31. The van der Waals surface area contributed by atoms with Gasteiger partial charge in [0.25, 0.3) is 0 Å². The summed E-state index contributed by atoms with van der Waals surface area (Å²) in [5.41, 5.74) is -0.190. The number of carbonyl (C=O) groups excluding carboxylic acids is 1. The predicted molar refractivity (Wildman–Crippen MR) is 185 cm³/mol. The summed E-state index contributed by atoms with van der Waals surface area (Å²) < 4.78 is 52.1. The van der Waals surface area contributed by atoms with Crippen molar-refractivity contribution in [1.29, 1.82) is 0 Å². The van der Waals surface area contributed by atoms with Crippen LogP contribution in [0.3, 0.4) is 0 Å². The third-order valence-corrected chi connectivity index (χ3v) is 10.5. The van der Waals surface area contributed by atoms with E-state index in [1.54, 1.807) is 35.2 Å². The monoisotopic (exact) mass is 693 g/mol. The van der Waals surface area contributed by atoms with Crippen molar-refractivity contribution in [2.75, 3.05) is 65.4 Å². The number of carbonyl (C=O) groups is 1. The van der Waals surface area contributed by atoms with E-state index < -0.39 is 23.3 Å². The summed E-state index contributed by atoms with van der Waals surface area (Å²) in [5, 5.41) is 1.21. The molecule has 258 valence electrons. The van der Waals surface area contributed by atoms with Gasteiger partial charge in [-0.3, -0.25) is 14.7 Å². The Morgan fingerprint density at radius 3 is 2.80 bits per heavy atom. The highest BCUT2D eigenvalue weighted by molar-refractivity contribution is 6.36. The zero-order valence-corrected chi connectivity index (χ0v) is 28.6. The van der Waals surface area contributed by atoms with Gasteiger partial charge in [-0.25, -0.2) is 13.2 Å². The van der Waals surface area contributed by atoms with Gasteiger partial charge in [-0.05, 0) is 51.4 Å². The zero-order valence-electron chi connectivity index (χ0n) is 27.8. The minimum atomic E-state index is -0.933. The average Bonchev–Trinajstić information content (AvgIpc) is 3.80. The summed E-state index contributed by atoms with van der Waals surface area (Å²) in [4.78, 5) is 34.6. The van der Waals surface area contributed by atoms with Crippen LogP contribution < -0.4 is 9.64 Å². The lowest BCUT2D eigenvalue weighted by atomic mass is 9.95. The largest absolute Gasteiger partial charge is 0.461 e. The number of nitrogens with zero attached hydrogens (tertiary/aromatic N) is 7. The normalized spacial score (nSPS) is 22.7. The number of amides is 1. The Balaban J connectivity index is 1.27. The maximum absolute atomic E-state index is 16.8. The van der Waals surface area contributed by atoms with Gasteiger partial charge in [0, 0.05) is 68.9 Å². The quantitative estimate of drug-likeness (QED) is 0.201. The summed E-state index contributed by atoms with van der Waals surface area (Å²) in [6.07, 6.45) is 6.79. The Kier molecular flexibility index (Phi) is 9.14. The van der Waals surface area contributed by atoms with Gasteiger partial charge in [-0.2, -0.15) is 9.97 Å². The van der Waals surface area contributed by atoms with Crippen LogP contribution in [0.2, 0.25) is 5.02 Å². The molecule has 0 spiro atoms. The van der Waals surface area contributed by atoms with Crippen molar-refractivity contribution in [2.24, 2.45) is 0 Å². The van der Waals surface area contributed by atoms with Crippen LogP contribution in [0.4, 0.5) is 19.0 Å². The molecule has 7 rings (SSSR count). The lowest BCUT2D eigenvalue weighted by Crippen LogP contribution is -2.43. The molecule has 3 atom stereocenters. The fraction of sp³-hybridized carbons (Fsp3) is 0.444. The molecule has 4 aromatic rings. The number of pyridine rings is 1. The SMILES string of the molecule is CN(C)C/C=C/C(=O)N1CC[C@@H](N(C)c2nc(OC[C@@]34CCCN3C[C@H](F)C4)nc3c(F)c(-c4cccc5ccc(F)c(Cl)c45)ncc23)C1. The van der Waals surface area contributed by atoms with Gasteiger partial charge < -0.3 is 19.4 Å². The van der Waals surface area contributed by atoms with Crippen molar-refractivity contribution in [2.45, 2.75) is 43.4 Å². The molecule has 2 aromatic heterocycles. The minimum absolute atomic E-state index is 0.0190. The molecule has 3 aliphatic heterocycles. The highest BCUT2D eigenvalue weighted by atomic mass is 35.5. The molecule has 0 bridgehead atoms. The Hall–Kier alpha value is -4.00. The number of aromatic nitrogens is 3. The molecule has 13 heteroatoms. The van der Waals surface area contributed by atoms with Crippen molar-refractivity contribution in [3.63, 3.8) is 0 Å². The van der Waals surface area contributed by atoms with Crippen LogP contribution in [0, 0.1) is 11.6 Å². The zero-order chi connectivity index (χ0) is 34.4. The number of likely N-dealkylation sites (N-methyl/N-ethyl adjacent to an activating group) is 2. The summed E-state index contributed by atoms with van der Waals surface area (Å²) in [6, 6.07) is 7.86. The first kappa shape index (κ1) is 33.5. The molecule has 0 unspecified atom stereocenters. The Morgan fingerprint density at radius 1 is 1.14 bits per heavy atom. The fourth-order valence-corrected chi connectivity index (χ4v) is 7.87. The van der Waals surface area contributed by atoms with Crippen LogP contribution in [0.15, 0.2) is 48.7 Å². The van der Waals surface area contributed by atoms with Crippen molar-refractivity contribution < 1.29 is 22.7 Å². The first-order chi connectivity index (χ1) is 23.5. The predicted octanol–water partition coefficient (Wildman–Crippen LogP) is 5.89. The number of benzene rings is 2. The Morgan fingerprint density at radius 2 is 1.98 bits per heavy atom. The molecule has 0 radical (unpaired) electrons. The van der Waals surface area contributed by atoms with E-state index >= 15 is 4.39 Å². The van der Waals surface area contributed by atoms with Crippen LogP contribution in [-0.4, -0.2) is 114 Å². The lowest BCUT2D eigenvalue weighted by molar-refractivity contribution is -0.125. The molecule has 49 heavy (non-hydrogen) atoms. The van der Waals surface area contributed by atoms with E-state index in [-0.39, 0.29) is 40.8 Å². The number of ether oxygens (including phenoxy) is 1. The highest BCUT2D eigenvalue weighted by Crippen LogP contribution is 2.41. The van der Waals surface area contributed by atoms with E-state index in [1.165, 1.54) is 12.3 Å². The third-order valence-electron chi connectivity index (χ3n) is 10.2. The van der Waals surface area contributed by atoms with Gasteiger partial charge in [0.15, 0.2) is 5.82 Å². The van der Waals surface area contributed by atoms with Crippen LogP contribution >= 0.6 is 11.6 Å². The summed E-state index contributed by atoms with van der Waals surface area (Å²) in [5.74, 6) is -1.02. The summed E-state index contributed by atoms with van der Waals surface area (Å²) >= 11 is 6.41. The second-order valence-electron chi connectivity index (χ2n) is 13.6. The third kappa shape index (κ3) is 6.30. The fourth-order valence-electron chi connectivity index (χ4n) is 7.60. The highest BCUT2D eigenvalue weighted by Gasteiger charge is 2.49. The molecular formula is C36H39ClF3N7O2. The van der Waals surface area contributed by atoms with Gasteiger partial charge in [0.05, 0.1) is 15.9 Å². The van der Waals surface area contributed by atoms with Crippen LogP contribution in [0.25, 0.3) is 32.9 Å². The molecule has 0 N–H and O–H groups in total. The van der Waals surface area contributed by atoms with Gasteiger partial charge in [-0.15, -0.1) is 0 Å². The Labute approximate surface area is 288 Å². The standard InChI is InChI=1S/C36H39ClF3N7O2/c1-44(2)14-5-9-28(48)46-16-12-24(20-46)45(3)34-26-18-41-32(25-8-4-7-22-10-11-27(39)30(37)29(22)25)31(40)33(26)42-35(43-34)49-21-36-13-6-15-47(36)19-23(38)17-36/h4-5,7-11,18,23-24H,6,12-17,19-21H2,1-3H3/b9-5+/t23-,24-,36+/m1/s1. The topological polar surface area (TPSA) is 77.9 Å². The smallest absolute Gasteiger partial charge is 0.319 e. The van der Waals surface area contributed by atoms with E-state index in [9.17, 15) is 13.6 Å². The molecule has 0 aliphatic carbocycles. The number of anilines is 1. The molecule has 9 nitrogen and oxygen atoms in total. The maximum Gasteiger partial charge on any atom is 0.319 e. The summed E-state index contributed by atoms with van der Waals surface area (Å²) in [6.45, 7) is 3.01. The first-order valence-electron chi connectivity index (χ1n) is 16.6. The minimum Gasteiger partial charge on any atom is -0.461 e. The average molecular weight is 694 g/mol. The van der Waals surface area contributed by atoms with Gasteiger partial charge >= 0.3 is 6.01 Å². The van der Waals surface area contributed by atoms with E-state index in [2.05, 4.69) is 14.9 Å². The van der Waals surface area contributed by atoms with Gasteiger partial charge in [0.1, 0.15) is 35.6 Å². The van der Waals surface area contributed by atoms with E-state index in [4.69, 9.17) is 21.3 Å². The second-order valence-corrected chi connectivity index (χ2v) is 14.0. The van der Waals surface area contributed by atoms with Gasteiger partial charge in [-0.1, -0.05) is 41.9 Å². The van der Waals surface area contributed by atoms with Crippen molar-refractivity contribution >= 4 is 45.0 Å². The molecule has 3 fully saturated rings. The molecule has 1 amide bonds. The van der Waals surface area contributed by atoms with E-state index in [0.29, 0.717) is 66.6 Å². The molecule has 2 aromatic carbocycles. The first-order valence-corrected chi connectivity index (χ1v) is 17.0. The van der Waals surface area contributed by atoms with Gasteiger partial charge in [0.2, 0.25) is 5.91 Å². The van der Waals surface area contributed by atoms with Crippen LogP contribution in [0.1, 0.15) is 25.7 Å². The number of hydrogen-bond acceptors (Lipinski definition) is 8. The number of halogens is 4. The molecule has 3 aliphatic rings. The van der Waals surface area contributed by atoms with E-state index in [0.717, 1.165) is 19.4 Å². The van der Waals surface area contributed by atoms with Crippen LogP contribution in [0.5, 0.6) is 6.01 Å². The van der Waals surface area contributed by atoms with Crippen molar-refractivity contribution in [1.82, 2.24) is 29.7 Å². The molecular weight excluding hydrogens is 655 g/mol. The number of likely N-dealkylation sites (tertiary alicyclic amines) is 1. The summed E-state index contributed by atoms with van der Waals surface area (Å²) in [7, 11) is 5.73. The number of rotatable bonds is 9. The molecule has 5 heterocycles. The number of fused-ring (bicyclic) bond motifs is 3. The van der Waals surface area contributed by atoms with Crippen LogP contribution in [-0.2, 0) is 4.79 Å².